The molecule has 0 aromatic carbocycles. The van der Waals surface area contributed by atoms with Crippen molar-refractivity contribution >= 4 is 5.97 Å². The van der Waals surface area contributed by atoms with Gasteiger partial charge in [0.2, 0.25) is 5.72 Å². The van der Waals surface area contributed by atoms with Crippen LogP contribution in [0.4, 0.5) is 0 Å². The van der Waals surface area contributed by atoms with Crippen molar-refractivity contribution in [1.82, 2.24) is 0 Å². The maximum absolute atomic E-state index is 11.0. The van der Waals surface area contributed by atoms with Gasteiger partial charge in [0.1, 0.15) is 0 Å². The minimum atomic E-state index is -1.01. The summed E-state index contributed by atoms with van der Waals surface area (Å²) in [5, 5.41) is 16.4. The average molecular weight is 211 g/mol. The molecule has 0 aliphatic rings. The SMILES string of the molecule is CCC(=O)OC(C)(C)N=NC(C)(C)C#N. The summed E-state index contributed by atoms with van der Waals surface area (Å²) >= 11 is 0. The number of hydrogen-bond donors (Lipinski definition) is 0. The molecule has 0 amide bonds. The molecule has 0 N–H and O–H groups in total. The zero-order chi connectivity index (χ0) is 12.1. The zero-order valence-electron chi connectivity index (χ0n) is 9.87. The van der Waals surface area contributed by atoms with E-state index < -0.39 is 11.3 Å². The van der Waals surface area contributed by atoms with Crippen molar-refractivity contribution in [2.24, 2.45) is 10.2 Å². The lowest BCUT2D eigenvalue weighted by Crippen LogP contribution is -2.26. The summed E-state index contributed by atoms with van der Waals surface area (Å²) in [4.78, 5) is 11.0. The maximum Gasteiger partial charge on any atom is 0.307 e. The van der Waals surface area contributed by atoms with Crippen LogP contribution in [-0.4, -0.2) is 17.2 Å². The van der Waals surface area contributed by atoms with Gasteiger partial charge in [0.15, 0.2) is 5.54 Å². The molecule has 0 saturated heterocycles. The van der Waals surface area contributed by atoms with Gasteiger partial charge in [0.05, 0.1) is 6.07 Å². The number of carbonyl (C=O) groups is 1. The average Bonchev–Trinajstić information content (AvgIpc) is 2.14. The van der Waals surface area contributed by atoms with Crippen molar-refractivity contribution in [2.45, 2.75) is 52.3 Å². The van der Waals surface area contributed by atoms with E-state index in [1.807, 2.05) is 6.07 Å². The molecule has 15 heavy (non-hydrogen) atoms. The zero-order valence-corrected chi connectivity index (χ0v) is 9.87. The van der Waals surface area contributed by atoms with Gasteiger partial charge in [-0.3, -0.25) is 4.79 Å². The first-order chi connectivity index (χ1) is 6.72. The number of ether oxygens (including phenoxy) is 1. The molecule has 0 aromatic heterocycles. The summed E-state index contributed by atoms with van der Waals surface area (Å²) < 4.78 is 5.02. The first kappa shape index (κ1) is 13.6. The Morgan fingerprint density at radius 1 is 1.33 bits per heavy atom. The summed E-state index contributed by atoms with van der Waals surface area (Å²) in [5.74, 6) is -0.339. The molecule has 0 saturated carbocycles. The van der Waals surface area contributed by atoms with Gasteiger partial charge in [0, 0.05) is 6.42 Å². The van der Waals surface area contributed by atoms with Crippen LogP contribution >= 0.6 is 0 Å². The topological polar surface area (TPSA) is 74.8 Å². The number of nitrogens with zero attached hydrogens (tertiary/aromatic N) is 3. The van der Waals surface area contributed by atoms with Crippen LogP contribution in [0.15, 0.2) is 10.2 Å². The molecule has 0 fully saturated rings. The van der Waals surface area contributed by atoms with Crippen LogP contribution < -0.4 is 0 Å². The second-order valence-electron chi connectivity index (χ2n) is 4.15. The first-order valence-electron chi connectivity index (χ1n) is 4.79. The van der Waals surface area contributed by atoms with Crippen LogP contribution in [0.2, 0.25) is 0 Å². The molecule has 0 aliphatic heterocycles. The number of rotatable bonds is 4. The lowest BCUT2D eigenvalue weighted by Gasteiger charge is -2.20. The lowest BCUT2D eigenvalue weighted by atomic mass is 10.1. The molecule has 0 atom stereocenters. The van der Waals surface area contributed by atoms with Gasteiger partial charge >= 0.3 is 5.97 Å². The van der Waals surface area contributed by atoms with Crippen LogP contribution in [0.5, 0.6) is 0 Å². The third-order valence-electron chi connectivity index (χ3n) is 1.47. The van der Waals surface area contributed by atoms with Crippen LogP contribution in [0.25, 0.3) is 0 Å². The van der Waals surface area contributed by atoms with Crippen LogP contribution in [-0.2, 0) is 9.53 Å². The number of carbonyl (C=O) groups excluding carboxylic acids is 1. The summed E-state index contributed by atoms with van der Waals surface area (Å²) in [6.45, 7) is 8.21. The Kier molecular flexibility index (Phi) is 4.40. The quantitative estimate of drug-likeness (QED) is 0.529. The maximum atomic E-state index is 11.0. The van der Waals surface area contributed by atoms with E-state index in [-0.39, 0.29) is 5.97 Å². The Morgan fingerprint density at radius 2 is 1.87 bits per heavy atom. The highest BCUT2D eigenvalue weighted by Crippen LogP contribution is 2.16. The fourth-order valence-corrected chi connectivity index (χ4v) is 0.639. The molecule has 0 rings (SSSR count). The highest BCUT2D eigenvalue weighted by Gasteiger charge is 2.23. The third-order valence-corrected chi connectivity index (χ3v) is 1.47. The number of hydrogen-bond acceptors (Lipinski definition) is 5. The van der Waals surface area contributed by atoms with Gasteiger partial charge in [-0.15, -0.1) is 5.11 Å². The minimum absolute atomic E-state index is 0.292. The second kappa shape index (κ2) is 4.87. The Balaban J connectivity index is 4.52. The number of nitriles is 1. The van der Waals surface area contributed by atoms with E-state index in [9.17, 15) is 4.79 Å². The van der Waals surface area contributed by atoms with E-state index in [0.717, 1.165) is 0 Å². The predicted octanol–water partition coefficient (Wildman–Crippen LogP) is 2.43. The monoisotopic (exact) mass is 211 g/mol. The highest BCUT2D eigenvalue weighted by molar-refractivity contribution is 5.69. The van der Waals surface area contributed by atoms with Gasteiger partial charge < -0.3 is 4.74 Å². The molecule has 0 heterocycles. The molecule has 5 heteroatoms. The van der Waals surface area contributed by atoms with Crippen LogP contribution in [0.3, 0.4) is 0 Å². The third kappa shape index (κ3) is 5.78. The van der Waals surface area contributed by atoms with E-state index in [4.69, 9.17) is 10.00 Å². The van der Waals surface area contributed by atoms with Crippen molar-refractivity contribution in [3.8, 4) is 6.07 Å². The van der Waals surface area contributed by atoms with E-state index in [2.05, 4.69) is 10.2 Å². The number of azo groups is 1. The van der Waals surface area contributed by atoms with Crippen LogP contribution in [0, 0.1) is 11.3 Å². The van der Waals surface area contributed by atoms with Crippen molar-refractivity contribution in [2.75, 3.05) is 0 Å². The molecule has 0 spiro atoms. The van der Waals surface area contributed by atoms with Crippen molar-refractivity contribution in [3.63, 3.8) is 0 Å². The molecule has 0 bridgehead atoms. The number of esters is 1. The Hall–Kier alpha value is -1.44. The van der Waals surface area contributed by atoms with Crippen molar-refractivity contribution in [1.29, 1.82) is 5.26 Å². The highest BCUT2D eigenvalue weighted by atomic mass is 16.6. The summed E-state index contributed by atoms with van der Waals surface area (Å²) in [5.41, 5.74) is -1.91. The summed E-state index contributed by atoms with van der Waals surface area (Å²) in [7, 11) is 0. The van der Waals surface area contributed by atoms with E-state index in [1.54, 1.807) is 34.6 Å². The second-order valence-corrected chi connectivity index (χ2v) is 4.15. The van der Waals surface area contributed by atoms with E-state index in [0.29, 0.717) is 6.42 Å². The first-order valence-corrected chi connectivity index (χ1v) is 4.79. The Labute approximate surface area is 90.1 Å². The predicted molar refractivity (Wildman–Crippen MR) is 55.0 cm³/mol. The molecular weight excluding hydrogens is 194 g/mol. The molecule has 0 unspecified atom stereocenters. The minimum Gasteiger partial charge on any atom is -0.436 e. The molecule has 0 aliphatic carbocycles. The normalized spacial score (nSPS) is 12.5. The molecule has 84 valence electrons. The van der Waals surface area contributed by atoms with Gasteiger partial charge in [-0.2, -0.15) is 10.4 Å². The fraction of sp³-hybridized carbons (Fsp3) is 0.800. The molecule has 5 nitrogen and oxygen atoms in total. The van der Waals surface area contributed by atoms with E-state index >= 15 is 0 Å². The van der Waals surface area contributed by atoms with Crippen molar-refractivity contribution in [3.05, 3.63) is 0 Å². The smallest absolute Gasteiger partial charge is 0.307 e. The molecule has 0 radical (unpaired) electrons. The van der Waals surface area contributed by atoms with Crippen molar-refractivity contribution < 1.29 is 9.53 Å². The van der Waals surface area contributed by atoms with Gasteiger partial charge in [-0.05, 0) is 27.7 Å². The van der Waals surface area contributed by atoms with Crippen LogP contribution in [0.1, 0.15) is 41.0 Å². The van der Waals surface area contributed by atoms with Gasteiger partial charge in [-0.25, -0.2) is 0 Å². The van der Waals surface area contributed by atoms with Gasteiger partial charge in [0.25, 0.3) is 0 Å². The summed E-state index contributed by atoms with van der Waals surface area (Å²) in [6, 6.07) is 1.98. The largest absolute Gasteiger partial charge is 0.436 e. The molecular formula is C10H17N3O2. The summed E-state index contributed by atoms with van der Waals surface area (Å²) in [6.07, 6.45) is 0.292. The fourth-order valence-electron chi connectivity index (χ4n) is 0.639. The molecule has 0 aromatic rings. The van der Waals surface area contributed by atoms with Gasteiger partial charge in [-0.1, -0.05) is 6.92 Å². The lowest BCUT2D eigenvalue weighted by molar-refractivity contribution is -0.155. The Bertz CT molecular complexity index is 300. The standard InChI is InChI=1S/C10H17N3O2/c1-6-8(14)15-10(4,5)13-12-9(2,3)7-11/h6H2,1-5H3. The Morgan fingerprint density at radius 3 is 2.27 bits per heavy atom. The van der Waals surface area contributed by atoms with E-state index in [1.165, 1.54) is 0 Å².